The minimum absolute atomic E-state index is 0.0554. The van der Waals surface area contributed by atoms with Gasteiger partial charge in [0.25, 0.3) is 0 Å². The summed E-state index contributed by atoms with van der Waals surface area (Å²) in [6.45, 7) is 1.45. The largest absolute Gasteiger partial charge is 0.482 e. The molecule has 74 valence electrons. The molecule has 1 aromatic rings. The van der Waals surface area contributed by atoms with Crippen molar-refractivity contribution < 1.29 is 13.9 Å². The molecular formula is C10H10FNO2. The topological polar surface area (TPSA) is 52.3 Å². The summed E-state index contributed by atoms with van der Waals surface area (Å²) in [6, 6.07) is 2.75. The summed E-state index contributed by atoms with van der Waals surface area (Å²) in [5.74, 6) is -0.134. The van der Waals surface area contributed by atoms with Crippen molar-refractivity contribution in [1.29, 1.82) is 0 Å². The predicted octanol–water partition coefficient (Wildman–Crippen LogP) is 1.30. The second-order valence-corrected chi connectivity index (χ2v) is 3.40. The number of halogens is 1. The molecule has 1 aliphatic heterocycles. The Labute approximate surface area is 80.7 Å². The summed E-state index contributed by atoms with van der Waals surface area (Å²) in [5.41, 5.74) is 6.29. The van der Waals surface area contributed by atoms with Gasteiger partial charge in [0.1, 0.15) is 11.6 Å². The summed E-state index contributed by atoms with van der Waals surface area (Å²) in [6.07, 6.45) is 0.000926. The van der Waals surface area contributed by atoms with E-state index in [1.165, 1.54) is 19.1 Å². The second-order valence-electron chi connectivity index (χ2n) is 3.40. The van der Waals surface area contributed by atoms with E-state index >= 15 is 0 Å². The zero-order chi connectivity index (χ0) is 10.3. The van der Waals surface area contributed by atoms with Gasteiger partial charge in [-0.25, -0.2) is 4.39 Å². The summed E-state index contributed by atoms with van der Waals surface area (Å²) in [5, 5.41) is 0. The van der Waals surface area contributed by atoms with Gasteiger partial charge in [-0.15, -0.1) is 0 Å². The molecule has 0 amide bonds. The molecule has 0 saturated carbocycles. The molecule has 3 nitrogen and oxygen atoms in total. The molecule has 1 aromatic carbocycles. The number of carbonyl (C=O) groups is 1. The highest BCUT2D eigenvalue weighted by molar-refractivity contribution is 5.82. The molecule has 0 radical (unpaired) electrons. The van der Waals surface area contributed by atoms with Crippen LogP contribution in [0.2, 0.25) is 0 Å². The summed E-state index contributed by atoms with van der Waals surface area (Å²) in [7, 11) is 0. The van der Waals surface area contributed by atoms with Crippen molar-refractivity contribution in [2.24, 2.45) is 0 Å². The number of Topliss-reactive ketones (excluding diaryl/α,β-unsaturated/α-hetero) is 1. The van der Waals surface area contributed by atoms with Crippen molar-refractivity contribution in [1.82, 2.24) is 0 Å². The fourth-order valence-corrected chi connectivity index (χ4v) is 1.51. The van der Waals surface area contributed by atoms with Crippen molar-refractivity contribution in [2.75, 3.05) is 5.73 Å². The molecule has 1 atom stereocenters. The standard InChI is InChI=1S/C10H10FNO2/c1-5(13)9-3-6-2-8(12)7(11)4-10(6)14-9/h2,4,9H,3,12H2,1H3. The molecule has 0 saturated heterocycles. The van der Waals surface area contributed by atoms with Crippen LogP contribution in [0, 0.1) is 5.82 Å². The third kappa shape index (κ3) is 1.32. The monoisotopic (exact) mass is 195 g/mol. The first kappa shape index (κ1) is 8.99. The lowest BCUT2D eigenvalue weighted by atomic mass is 10.1. The Morgan fingerprint density at radius 2 is 2.36 bits per heavy atom. The van der Waals surface area contributed by atoms with Crippen molar-refractivity contribution in [3.63, 3.8) is 0 Å². The lowest BCUT2D eigenvalue weighted by Gasteiger charge is -2.05. The van der Waals surface area contributed by atoms with Gasteiger partial charge in [0.15, 0.2) is 11.9 Å². The lowest BCUT2D eigenvalue weighted by molar-refractivity contribution is -0.122. The maximum atomic E-state index is 13.0. The molecule has 2 N–H and O–H groups in total. The van der Waals surface area contributed by atoms with Crippen LogP contribution in [0.1, 0.15) is 12.5 Å². The van der Waals surface area contributed by atoms with Crippen molar-refractivity contribution in [3.8, 4) is 5.75 Å². The number of carbonyl (C=O) groups excluding carboxylic acids is 1. The van der Waals surface area contributed by atoms with E-state index in [0.29, 0.717) is 12.2 Å². The van der Waals surface area contributed by atoms with Crippen LogP contribution in [0.4, 0.5) is 10.1 Å². The first-order valence-corrected chi connectivity index (χ1v) is 4.33. The number of ketones is 1. The highest BCUT2D eigenvalue weighted by Crippen LogP contribution is 2.32. The number of ether oxygens (including phenoxy) is 1. The van der Waals surface area contributed by atoms with Gasteiger partial charge in [0.2, 0.25) is 0 Å². The van der Waals surface area contributed by atoms with Crippen LogP contribution < -0.4 is 10.5 Å². The molecule has 1 unspecified atom stereocenters. The Bertz CT molecular complexity index is 372. The molecule has 1 heterocycles. The number of nitrogens with two attached hydrogens (primary N) is 1. The molecule has 4 heteroatoms. The van der Waals surface area contributed by atoms with E-state index in [9.17, 15) is 9.18 Å². The van der Waals surface area contributed by atoms with Crippen molar-refractivity contribution >= 4 is 11.5 Å². The van der Waals surface area contributed by atoms with Gasteiger partial charge in [0, 0.05) is 18.1 Å². The fraction of sp³-hybridized carbons (Fsp3) is 0.300. The highest BCUT2D eigenvalue weighted by atomic mass is 19.1. The Kier molecular flexibility index (Phi) is 1.91. The quantitative estimate of drug-likeness (QED) is 0.687. The average Bonchev–Trinajstić information content (AvgIpc) is 2.48. The Morgan fingerprint density at radius 3 is 3.00 bits per heavy atom. The molecule has 0 spiro atoms. The van der Waals surface area contributed by atoms with Crippen LogP contribution in [0.5, 0.6) is 5.75 Å². The van der Waals surface area contributed by atoms with E-state index < -0.39 is 11.9 Å². The molecular weight excluding hydrogens is 185 g/mol. The molecule has 1 aliphatic rings. The van der Waals surface area contributed by atoms with E-state index in [1.807, 2.05) is 0 Å². The minimum Gasteiger partial charge on any atom is -0.482 e. The number of hydrogen-bond donors (Lipinski definition) is 1. The summed E-state index contributed by atoms with van der Waals surface area (Å²) < 4.78 is 18.3. The predicted molar refractivity (Wildman–Crippen MR) is 49.6 cm³/mol. The van der Waals surface area contributed by atoms with E-state index in [1.54, 1.807) is 0 Å². The van der Waals surface area contributed by atoms with Crippen molar-refractivity contribution in [3.05, 3.63) is 23.5 Å². The smallest absolute Gasteiger partial charge is 0.170 e. The van der Waals surface area contributed by atoms with Gasteiger partial charge in [0.05, 0.1) is 5.69 Å². The average molecular weight is 195 g/mol. The molecule has 0 fully saturated rings. The third-order valence-corrected chi connectivity index (χ3v) is 2.31. The highest BCUT2D eigenvalue weighted by Gasteiger charge is 2.27. The Balaban J connectivity index is 2.36. The SMILES string of the molecule is CC(=O)C1Cc2cc(N)c(F)cc2O1. The van der Waals surface area contributed by atoms with E-state index in [0.717, 1.165) is 5.56 Å². The van der Waals surface area contributed by atoms with Crippen LogP contribution in [0.3, 0.4) is 0 Å². The lowest BCUT2D eigenvalue weighted by Crippen LogP contribution is -2.21. The van der Waals surface area contributed by atoms with Crippen LogP contribution in [-0.2, 0) is 11.2 Å². The molecule has 2 rings (SSSR count). The molecule has 0 bridgehead atoms. The van der Waals surface area contributed by atoms with Crippen LogP contribution in [0.25, 0.3) is 0 Å². The Morgan fingerprint density at radius 1 is 1.64 bits per heavy atom. The number of anilines is 1. The van der Waals surface area contributed by atoms with Crippen molar-refractivity contribution in [2.45, 2.75) is 19.4 Å². The van der Waals surface area contributed by atoms with E-state index in [4.69, 9.17) is 10.5 Å². The molecule has 0 aromatic heterocycles. The van der Waals surface area contributed by atoms with Gasteiger partial charge in [-0.2, -0.15) is 0 Å². The van der Waals surface area contributed by atoms with E-state index in [-0.39, 0.29) is 11.5 Å². The van der Waals surface area contributed by atoms with Crippen LogP contribution in [-0.4, -0.2) is 11.9 Å². The maximum Gasteiger partial charge on any atom is 0.170 e. The molecule has 0 aliphatic carbocycles. The van der Waals surface area contributed by atoms with E-state index in [2.05, 4.69) is 0 Å². The van der Waals surface area contributed by atoms with Gasteiger partial charge >= 0.3 is 0 Å². The normalized spacial score (nSPS) is 18.9. The van der Waals surface area contributed by atoms with Gasteiger partial charge < -0.3 is 10.5 Å². The minimum atomic E-state index is -0.507. The first-order chi connectivity index (χ1) is 6.58. The third-order valence-electron chi connectivity index (χ3n) is 2.31. The maximum absolute atomic E-state index is 13.0. The summed E-state index contributed by atoms with van der Waals surface area (Å²) in [4.78, 5) is 11.0. The zero-order valence-electron chi connectivity index (χ0n) is 7.71. The number of nitrogen functional groups attached to an aromatic ring is 1. The van der Waals surface area contributed by atoms with Gasteiger partial charge in [-0.05, 0) is 13.0 Å². The van der Waals surface area contributed by atoms with Crippen LogP contribution >= 0.6 is 0 Å². The first-order valence-electron chi connectivity index (χ1n) is 4.33. The number of benzene rings is 1. The zero-order valence-corrected chi connectivity index (χ0v) is 7.71. The number of fused-ring (bicyclic) bond motifs is 1. The summed E-state index contributed by atoms with van der Waals surface area (Å²) >= 11 is 0. The second kappa shape index (κ2) is 2.97. The number of hydrogen-bond acceptors (Lipinski definition) is 3. The number of rotatable bonds is 1. The molecule has 14 heavy (non-hydrogen) atoms. The fourth-order valence-electron chi connectivity index (χ4n) is 1.51. The Hall–Kier alpha value is -1.58. The van der Waals surface area contributed by atoms with Crippen LogP contribution in [0.15, 0.2) is 12.1 Å². The van der Waals surface area contributed by atoms with Gasteiger partial charge in [-0.1, -0.05) is 0 Å². The van der Waals surface area contributed by atoms with Gasteiger partial charge in [-0.3, -0.25) is 4.79 Å².